The van der Waals surface area contributed by atoms with Gasteiger partial charge in [-0.2, -0.15) is 0 Å². The van der Waals surface area contributed by atoms with E-state index in [0.717, 1.165) is 5.56 Å². The van der Waals surface area contributed by atoms with Crippen molar-refractivity contribution in [2.45, 2.75) is 18.1 Å². The largest absolute Gasteiger partial charge is 0.381 e. The number of ether oxygens (including phenoxy) is 1. The molecule has 106 valence electrons. The predicted molar refractivity (Wildman–Crippen MR) is 75.8 cm³/mol. The second-order valence-electron chi connectivity index (χ2n) is 4.74. The lowest BCUT2D eigenvalue weighted by Crippen LogP contribution is -2.43. The van der Waals surface area contributed by atoms with E-state index in [4.69, 9.17) is 16.3 Å². The van der Waals surface area contributed by atoms with Crippen molar-refractivity contribution in [3.05, 3.63) is 34.9 Å². The van der Waals surface area contributed by atoms with Crippen LogP contribution in [0, 0.1) is 5.92 Å². The second kappa shape index (κ2) is 6.22. The molecule has 0 aliphatic carbocycles. The van der Waals surface area contributed by atoms with Crippen LogP contribution in [0.25, 0.3) is 0 Å². The molecule has 19 heavy (non-hydrogen) atoms. The van der Waals surface area contributed by atoms with Crippen molar-refractivity contribution in [1.29, 1.82) is 0 Å². The van der Waals surface area contributed by atoms with Gasteiger partial charge in [0.05, 0.1) is 11.9 Å². The molecule has 0 bridgehead atoms. The minimum Gasteiger partial charge on any atom is -0.381 e. The molecule has 1 aromatic carbocycles. The number of nitrogens with one attached hydrogen (secondary N) is 1. The van der Waals surface area contributed by atoms with Crippen molar-refractivity contribution in [3.63, 3.8) is 0 Å². The van der Waals surface area contributed by atoms with E-state index in [0.29, 0.717) is 31.1 Å². The normalized spacial score (nSPS) is 24.3. The van der Waals surface area contributed by atoms with Gasteiger partial charge in [-0.15, -0.1) is 0 Å². The molecule has 2 unspecified atom stereocenters. The zero-order valence-electron chi connectivity index (χ0n) is 10.8. The molecule has 2 atom stereocenters. The molecule has 0 aromatic heterocycles. The van der Waals surface area contributed by atoms with E-state index in [9.17, 15) is 8.42 Å². The van der Waals surface area contributed by atoms with Crippen molar-refractivity contribution >= 4 is 21.6 Å². The van der Waals surface area contributed by atoms with E-state index >= 15 is 0 Å². The number of hydrogen-bond donors (Lipinski definition) is 1. The third-order valence-corrected chi connectivity index (χ3v) is 5.74. The van der Waals surface area contributed by atoms with Crippen molar-refractivity contribution < 1.29 is 13.2 Å². The Hall–Kier alpha value is -0.620. The van der Waals surface area contributed by atoms with E-state index in [-0.39, 0.29) is 11.2 Å². The highest BCUT2D eigenvalue weighted by Gasteiger charge is 2.35. The minimum absolute atomic E-state index is 0.0209. The summed E-state index contributed by atoms with van der Waals surface area (Å²) in [6.07, 6.45) is 1.23. The van der Waals surface area contributed by atoms with Crippen LogP contribution in [0.15, 0.2) is 24.3 Å². The fourth-order valence-corrected chi connectivity index (χ4v) is 3.97. The Morgan fingerprint density at radius 2 is 2.05 bits per heavy atom. The summed E-state index contributed by atoms with van der Waals surface area (Å²) in [5.74, 6) is -0.0209. The highest BCUT2D eigenvalue weighted by Crippen LogP contribution is 2.25. The zero-order valence-corrected chi connectivity index (χ0v) is 12.4. The lowest BCUT2D eigenvalue weighted by Gasteiger charge is -2.31. The summed E-state index contributed by atoms with van der Waals surface area (Å²) in [5.41, 5.74) is 1.08. The molecule has 0 radical (unpaired) electrons. The summed E-state index contributed by atoms with van der Waals surface area (Å²) in [6, 6.07) is 7.50. The summed E-state index contributed by atoms with van der Waals surface area (Å²) in [6.45, 7) is 0.983. The van der Waals surface area contributed by atoms with Gasteiger partial charge in [0.25, 0.3) is 0 Å². The number of hydrogen-bond acceptors (Lipinski definition) is 3. The fourth-order valence-electron chi connectivity index (χ4n) is 2.45. The molecule has 0 amide bonds. The minimum atomic E-state index is -3.25. The summed E-state index contributed by atoms with van der Waals surface area (Å²) in [7, 11) is -1.79. The number of sulfonamides is 1. The zero-order chi connectivity index (χ0) is 13.9. The molecule has 2 rings (SSSR count). The monoisotopic (exact) mass is 303 g/mol. The molecule has 1 heterocycles. The van der Waals surface area contributed by atoms with Gasteiger partial charge in [-0.25, -0.2) is 13.1 Å². The van der Waals surface area contributed by atoms with Crippen LogP contribution in [0.4, 0.5) is 0 Å². The maximum absolute atomic E-state index is 12.0. The molecule has 4 nitrogen and oxygen atoms in total. The van der Waals surface area contributed by atoms with Gasteiger partial charge in [-0.05, 0) is 37.6 Å². The first-order valence-corrected chi connectivity index (χ1v) is 8.20. The molecular formula is C13H18ClNO3S. The van der Waals surface area contributed by atoms with Crippen LogP contribution in [0.2, 0.25) is 5.02 Å². The summed E-state index contributed by atoms with van der Waals surface area (Å²) >= 11 is 5.85. The maximum Gasteiger partial charge on any atom is 0.214 e. The standard InChI is InChI=1S/C13H18ClNO3S/c1-15-19(16,17)13-6-7-18-9-11(13)8-10-2-4-12(14)5-3-10/h2-5,11,13,15H,6-9H2,1H3. The van der Waals surface area contributed by atoms with Gasteiger partial charge in [0.15, 0.2) is 0 Å². The smallest absolute Gasteiger partial charge is 0.214 e. The van der Waals surface area contributed by atoms with Gasteiger partial charge in [-0.3, -0.25) is 0 Å². The summed E-state index contributed by atoms with van der Waals surface area (Å²) in [5, 5.41) is 0.296. The third kappa shape index (κ3) is 3.69. The Bertz CT molecular complexity index is 515. The SMILES string of the molecule is CNS(=O)(=O)C1CCOCC1Cc1ccc(Cl)cc1. The predicted octanol–water partition coefficient (Wildman–Crippen LogP) is 1.84. The van der Waals surface area contributed by atoms with Crippen molar-refractivity contribution in [2.75, 3.05) is 20.3 Å². The Labute approximate surface area is 119 Å². The molecule has 1 aliphatic heterocycles. The molecule has 0 spiro atoms. The average Bonchev–Trinajstić information content (AvgIpc) is 2.42. The Kier molecular flexibility index (Phi) is 4.84. The van der Waals surface area contributed by atoms with Crippen LogP contribution in [0.1, 0.15) is 12.0 Å². The maximum atomic E-state index is 12.0. The third-order valence-electron chi connectivity index (χ3n) is 3.50. The van der Waals surface area contributed by atoms with Crippen LogP contribution < -0.4 is 4.72 Å². The van der Waals surface area contributed by atoms with Gasteiger partial charge < -0.3 is 4.74 Å². The van der Waals surface area contributed by atoms with Crippen molar-refractivity contribution in [3.8, 4) is 0 Å². The van der Waals surface area contributed by atoms with Gasteiger partial charge in [0.2, 0.25) is 10.0 Å². The van der Waals surface area contributed by atoms with Gasteiger partial charge in [-0.1, -0.05) is 23.7 Å². The average molecular weight is 304 g/mol. The first kappa shape index (κ1) is 14.8. The lowest BCUT2D eigenvalue weighted by molar-refractivity contribution is 0.0570. The highest BCUT2D eigenvalue weighted by atomic mass is 35.5. The van der Waals surface area contributed by atoms with E-state index in [1.54, 1.807) is 0 Å². The van der Waals surface area contributed by atoms with Gasteiger partial charge in [0, 0.05) is 17.5 Å². The first-order valence-electron chi connectivity index (χ1n) is 6.27. The molecule has 6 heteroatoms. The number of rotatable bonds is 4. The second-order valence-corrected chi connectivity index (χ2v) is 7.28. The summed E-state index contributed by atoms with van der Waals surface area (Å²) < 4.78 is 31.9. The number of benzene rings is 1. The van der Waals surface area contributed by atoms with Crippen LogP contribution in [-0.4, -0.2) is 33.9 Å². The molecule has 1 N–H and O–H groups in total. The Morgan fingerprint density at radius 3 is 2.68 bits per heavy atom. The topological polar surface area (TPSA) is 55.4 Å². The van der Waals surface area contributed by atoms with E-state index in [2.05, 4.69) is 4.72 Å². The van der Waals surface area contributed by atoms with Gasteiger partial charge >= 0.3 is 0 Å². The molecule has 1 aromatic rings. The fraction of sp³-hybridized carbons (Fsp3) is 0.538. The van der Waals surface area contributed by atoms with E-state index in [1.165, 1.54) is 7.05 Å². The summed E-state index contributed by atoms with van der Waals surface area (Å²) in [4.78, 5) is 0. The highest BCUT2D eigenvalue weighted by molar-refractivity contribution is 7.90. The molecule has 1 aliphatic rings. The van der Waals surface area contributed by atoms with E-state index in [1.807, 2.05) is 24.3 Å². The molecule has 1 fully saturated rings. The van der Waals surface area contributed by atoms with Crippen molar-refractivity contribution in [1.82, 2.24) is 4.72 Å². The number of halogens is 1. The van der Waals surface area contributed by atoms with Crippen LogP contribution in [0.5, 0.6) is 0 Å². The quantitative estimate of drug-likeness (QED) is 0.923. The van der Waals surface area contributed by atoms with E-state index < -0.39 is 10.0 Å². The Balaban J connectivity index is 2.14. The Morgan fingerprint density at radius 1 is 1.37 bits per heavy atom. The van der Waals surface area contributed by atoms with Crippen LogP contribution in [-0.2, 0) is 21.2 Å². The van der Waals surface area contributed by atoms with Crippen LogP contribution in [0.3, 0.4) is 0 Å². The van der Waals surface area contributed by atoms with Crippen molar-refractivity contribution in [2.24, 2.45) is 5.92 Å². The van der Waals surface area contributed by atoms with Gasteiger partial charge in [0.1, 0.15) is 0 Å². The molecular weight excluding hydrogens is 286 g/mol. The van der Waals surface area contributed by atoms with Crippen LogP contribution >= 0.6 is 11.6 Å². The first-order chi connectivity index (χ1) is 9.03. The lowest BCUT2D eigenvalue weighted by atomic mass is 9.94. The molecule has 1 saturated heterocycles. The molecule has 0 saturated carbocycles.